The summed E-state index contributed by atoms with van der Waals surface area (Å²) < 4.78 is 0. The SMILES string of the molecule is CC(O)C(NC(=O)C(CCC(=O)O)NC(=O)C(N)CO)C(=O)NC(CO)C(=O)O. The van der Waals surface area contributed by atoms with Gasteiger partial charge in [0.25, 0.3) is 0 Å². The van der Waals surface area contributed by atoms with Crippen LogP contribution < -0.4 is 21.7 Å². The Morgan fingerprint density at radius 2 is 1.41 bits per heavy atom. The van der Waals surface area contributed by atoms with Crippen molar-refractivity contribution in [2.75, 3.05) is 13.2 Å². The highest BCUT2D eigenvalue weighted by atomic mass is 16.4. The van der Waals surface area contributed by atoms with Gasteiger partial charge >= 0.3 is 11.9 Å². The van der Waals surface area contributed by atoms with Crippen LogP contribution in [0.5, 0.6) is 0 Å². The van der Waals surface area contributed by atoms with Gasteiger partial charge in [-0.05, 0) is 13.3 Å². The van der Waals surface area contributed by atoms with E-state index in [2.05, 4.69) is 10.6 Å². The highest BCUT2D eigenvalue weighted by Gasteiger charge is 2.32. The molecule has 0 spiro atoms. The average Bonchev–Trinajstić information content (AvgIpc) is 2.65. The van der Waals surface area contributed by atoms with E-state index in [0.717, 1.165) is 6.92 Å². The second-order valence-electron chi connectivity index (χ2n) is 6.09. The molecular weight excluding hydrogens is 396 g/mol. The number of aliphatic hydroxyl groups is 3. The van der Waals surface area contributed by atoms with E-state index >= 15 is 0 Å². The lowest BCUT2D eigenvalue weighted by atomic mass is 10.1. The van der Waals surface area contributed by atoms with Gasteiger partial charge in [0.2, 0.25) is 17.7 Å². The summed E-state index contributed by atoms with van der Waals surface area (Å²) in [4.78, 5) is 58.1. The third-order valence-electron chi connectivity index (χ3n) is 3.67. The molecule has 166 valence electrons. The van der Waals surface area contributed by atoms with Crippen LogP contribution >= 0.6 is 0 Å². The Balaban J connectivity index is 5.34. The zero-order chi connectivity index (χ0) is 22.7. The van der Waals surface area contributed by atoms with Gasteiger partial charge in [-0.2, -0.15) is 0 Å². The Labute approximate surface area is 165 Å². The maximum atomic E-state index is 12.4. The molecular formula is C15H26N4O10. The first-order valence-electron chi connectivity index (χ1n) is 8.45. The van der Waals surface area contributed by atoms with Crippen LogP contribution in [0.4, 0.5) is 0 Å². The van der Waals surface area contributed by atoms with E-state index in [1.54, 1.807) is 0 Å². The van der Waals surface area contributed by atoms with Gasteiger partial charge in [-0.1, -0.05) is 0 Å². The van der Waals surface area contributed by atoms with Gasteiger partial charge in [0, 0.05) is 6.42 Å². The largest absolute Gasteiger partial charge is 0.481 e. The van der Waals surface area contributed by atoms with Crippen molar-refractivity contribution in [3.8, 4) is 0 Å². The number of carboxylic acids is 2. The first-order chi connectivity index (χ1) is 13.4. The predicted octanol–water partition coefficient (Wildman–Crippen LogP) is -4.92. The van der Waals surface area contributed by atoms with Crippen LogP contribution in [0.2, 0.25) is 0 Å². The Bertz CT molecular complexity index is 612. The molecule has 10 N–H and O–H groups in total. The molecule has 0 heterocycles. The number of rotatable bonds is 13. The van der Waals surface area contributed by atoms with Gasteiger partial charge in [0.15, 0.2) is 0 Å². The van der Waals surface area contributed by atoms with Crippen LogP contribution in [0.15, 0.2) is 0 Å². The zero-order valence-corrected chi connectivity index (χ0v) is 15.6. The summed E-state index contributed by atoms with van der Waals surface area (Å²) in [6.07, 6.45) is -2.44. The van der Waals surface area contributed by atoms with Crippen molar-refractivity contribution < 1.29 is 49.5 Å². The van der Waals surface area contributed by atoms with Crippen LogP contribution in [-0.4, -0.2) is 98.7 Å². The van der Waals surface area contributed by atoms with E-state index in [0.29, 0.717) is 0 Å². The summed E-state index contributed by atoms with van der Waals surface area (Å²) in [6, 6.07) is -6.22. The van der Waals surface area contributed by atoms with E-state index < -0.39 is 86.0 Å². The normalized spacial score (nSPS) is 15.9. The number of nitrogens with two attached hydrogens (primary N) is 1. The Kier molecular flexibility index (Phi) is 11.4. The van der Waals surface area contributed by atoms with Crippen LogP contribution in [0.1, 0.15) is 19.8 Å². The Morgan fingerprint density at radius 1 is 0.862 bits per heavy atom. The molecule has 29 heavy (non-hydrogen) atoms. The fourth-order valence-corrected chi connectivity index (χ4v) is 2.00. The van der Waals surface area contributed by atoms with Crippen LogP contribution in [-0.2, 0) is 24.0 Å². The van der Waals surface area contributed by atoms with Crippen molar-refractivity contribution in [3.63, 3.8) is 0 Å². The van der Waals surface area contributed by atoms with Crippen LogP contribution in [0, 0.1) is 0 Å². The molecule has 0 fully saturated rings. The minimum absolute atomic E-state index is 0.395. The minimum Gasteiger partial charge on any atom is -0.481 e. The van der Waals surface area contributed by atoms with Crippen molar-refractivity contribution in [1.82, 2.24) is 16.0 Å². The number of hydrogen-bond donors (Lipinski definition) is 9. The van der Waals surface area contributed by atoms with E-state index in [1.807, 2.05) is 5.32 Å². The third kappa shape index (κ3) is 9.29. The van der Waals surface area contributed by atoms with Crippen molar-refractivity contribution >= 4 is 29.7 Å². The fraction of sp³-hybridized carbons (Fsp3) is 0.667. The number of carbonyl (C=O) groups is 5. The molecule has 0 aliphatic rings. The number of hydrogen-bond acceptors (Lipinski definition) is 9. The molecule has 5 atom stereocenters. The van der Waals surface area contributed by atoms with Gasteiger partial charge in [0.1, 0.15) is 24.2 Å². The molecule has 0 saturated heterocycles. The summed E-state index contributed by atoms with van der Waals surface area (Å²) in [5.74, 6) is -5.98. The molecule has 0 aliphatic carbocycles. The number of nitrogens with one attached hydrogen (secondary N) is 3. The molecule has 0 aromatic carbocycles. The average molecular weight is 422 g/mol. The smallest absolute Gasteiger partial charge is 0.328 e. The summed E-state index contributed by atoms with van der Waals surface area (Å²) in [6.45, 7) is -0.570. The maximum absolute atomic E-state index is 12.4. The van der Waals surface area contributed by atoms with Crippen molar-refractivity contribution in [2.45, 2.75) is 50.0 Å². The number of amides is 3. The van der Waals surface area contributed by atoms with Crippen LogP contribution in [0.25, 0.3) is 0 Å². The molecule has 3 amide bonds. The van der Waals surface area contributed by atoms with Crippen molar-refractivity contribution in [3.05, 3.63) is 0 Å². The summed E-state index contributed by atoms with van der Waals surface area (Å²) in [7, 11) is 0. The van der Waals surface area contributed by atoms with Gasteiger partial charge < -0.3 is 47.2 Å². The van der Waals surface area contributed by atoms with Crippen molar-refractivity contribution in [2.24, 2.45) is 5.73 Å². The number of carbonyl (C=O) groups excluding carboxylic acids is 3. The predicted molar refractivity (Wildman–Crippen MR) is 94.1 cm³/mol. The van der Waals surface area contributed by atoms with E-state index in [-0.39, 0.29) is 0 Å². The van der Waals surface area contributed by atoms with Gasteiger partial charge in [-0.15, -0.1) is 0 Å². The monoisotopic (exact) mass is 422 g/mol. The van der Waals surface area contributed by atoms with Crippen molar-refractivity contribution in [1.29, 1.82) is 0 Å². The summed E-state index contributed by atoms with van der Waals surface area (Å²) >= 11 is 0. The zero-order valence-electron chi connectivity index (χ0n) is 15.6. The minimum atomic E-state index is -1.69. The van der Waals surface area contributed by atoms with Gasteiger partial charge in [-0.3, -0.25) is 19.2 Å². The van der Waals surface area contributed by atoms with E-state index in [4.69, 9.17) is 26.2 Å². The lowest BCUT2D eigenvalue weighted by Crippen LogP contribution is -2.60. The lowest BCUT2D eigenvalue weighted by Gasteiger charge is -2.26. The Hall–Kier alpha value is -2.81. The second-order valence-corrected chi connectivity index (χ2v) is 6.09. The molecule has 0 aromatic heterocycles. The number of aliphatic carboxylic acids is 2. The molecule has 14 nitrogen and oxygen atoms in total. The quantitative estimate of drug-likeness (QED) is 0.136. The highest BCUT2D eigenvalue weighted by molar-refractivity contribution is 5.94. The topological polar surface area (TPSA) is 249 Å². The highest BCUT2D eigenvalue weighted by Crippen LogP contribution is 2.02. The molecule has 0 bridgehead atoms. The number of carboxylic acid groups (broad SMARTS) is 2. The standard InChI is InChI=1S/C15H26N4O10/c1-6(22)11(14(27)18-9(5-21)15(28)29)19-13(26)8(2-3-10(23)24)17-12(25)7(16)4-20/h6-9,11,20-22H,2-5,16H2,1H3,(H,17,25)(H,18,27)(H,19,26)(H,23,24)(H,28,29). The van der Waals surface area contributed by atoms with E-state index in [9.17, 15) is 29.1 Å². The molecule has 0 saturated carbocycles. The summed E-state index contributed by atoms with van der Waals surface area (Å²) in [5, 5.41) is 51.3. The van der Waals surface area contributed by atoms with E-state index in [1.165, 1.54) is 0 Å². The Morgan fingerprint density at radius 3 is 1.83 bits per heavy atom. The second kappa shape index (κ2) is 12.6. The molecule has 0 radical (unpaired) electrons. The maximum Gasteiger partial charge on any atom is 0.328 e. The molecule has 5 unspecified atom stereocenters. The molecule has 0 aliphatic heterocycles. The fourth-order valence-electron chi connectivity index (χ4n) is 2.00. The van der Waals surface area contributed by atoms with Gasteiger partial charge in [-0.25, -0.2) is 4.79 Å². The first-order valence-corrected chi connectivity index (χ1v) is 8.45. The summed E-state index contributed by atoms with van der Waals surface area (Å²) in [5.41, 5.74) is 5.32. The third-order valence-corrected chi connectivity index (χ3v) is 3.67. The number of aliphatic hydroxyl groups excluding tert-OH is 3. The molecule has 0 aromatic rings. The lowest BCUT2D eigenvalue weighted by molar-refractivity contribution is -0.144. The van der Waals surface area contributed by atoms with Gasteiger partial charge in [0.05, 0.1) is 19.3 Å². The first kappa shape index (κ1) is 26.2. The van der Waals surface area contributed by atoms with Crippen LogP contribution in [0.3, 0.4) is 0 Å². The molecule has 14 heteroatoms. The molecule has 0 rings (SSSR count).